The fourth-order valence-electron chi connectivity index (χ4n) is 2.03. The molecule has 0 saturated carbocycles. The van der Waals surface area contributed by atoms with Crippen molar-refractivity contribution in [1.29, 1.82) is 0 Å². The van der Waals surface area contributed by atoms with E-state index in [2.05, 4.69) is 22.9 Å². The van der Waals surface area contributed by atoms with E-state index in [1.807, 2.05) is 24.3 Å². The average molecular weight is 352 g/mol. The van der Waals surface area contributed by atoms with Crippen LogP contribution < -0.4 is 10.5 Å². The minimum absolute atomic E-state index is 0.110. The highest BCUT2D eigenvalue weighted by atomic mass is 79.9. The van der Waals surface area contributed by atoms with E-state index < -0.39 is 0 Å². The summed E-state index contributed by atoms with van der Waals surface area (Å²) in [7, 11) is 0. The quantitative estimate of drug-likeness (QED) is 0.834. The summed E-state index contributed by atoms with van der Waals surface area (Å²) >= 11 is 3.24. The molecule has 0 aliphatic heterocycles. The fraction of sp³-hybridized carbons (Fsp3) is 0.294. The molecular weight excluding hydrogens is 333 g/mol. The molecule has 21 heavy (non-hydrogen) atoms. The van der Waals surface area contributed by atoms with Crippen molar-refractivity contribution in [1.82, 2.24) is 0 Å². The highest BCUT2D eigenvalue weighted by molar-refractivity contribution is 9.10. The highest BCUT2D eigenvalue weighted by Crippen LogP contribution is 2.22. The van der Waals surface area contributed by atoms with E-state index in [1.165, 1.54) is 6.07 Å². The second-order valence-corrected chi connectivity index (χ2v) is 5.92. The van der Waals surface area contributed by atoms with E-state index >= 15 is 0 Å². The Labute approximate surface area is 133 Å². The van der Waals surface area contributed by atoms with Gasteiger partial charge in [0.05, 0.1) is 0 Å². The minimum Gasteiger partial charge on any atom is -0.489 e. The zero-order chi connectivity index (χ0) is 15.2. The van der Waals surface area contributed by atoms with Gasteiger partial charge in [0.2, 0.25) is 0 Å². The maximum absolute atomic E-state index is 13.8. The second kappa shape index (κ2) is 7.57. The molecule has 4 heteroatoms. The molecule has 0 heterocycles. The van der Waals surface area contributed by atoms with Crippen LogP contribution in [-0.2, 0) is 13.0 Å². The predicted octanol–water partition coefficient (Wildman–Crippen LogP) is 4.45. The molecule has 2 N–H and O–H groups in total. The first-order valence-electron chi connectivity index (χ1n) is 7.00. The van der Waals surface area contributed by atoms with Gasteiger partial charge in [-0.15, -0.1) is 0 Å². The lowest BCUT2D eigenvalue weighted by Gasteiger charge is -2.14. The summed E-state index contributed by atoms with van der Waals surface area (Å²) in [6, 6.07) is 12.9. The number of hydrogen-bond acceptors (Lipinski definition) is 2. The number of nitrogens with two attached hydrogens (primary N) is 1. The normalized spacial score (nSPS) is 12.2. The molecule has 0 amide bonds. The molecule has 0 bridgehead atoms. The van der Waals surface area contributed by atoms with Crippen molar-refractivity contribution in [2.45, 2.75) is 32.4 Å². The number of ether oxygens (including phenoxy) is 1. The zero-order valence-corrected chi connectivity index (χ0v) is 13.6. The molecule has 0 saturated heterocycles. The number of halogens is 2. The third-order valence-corrected chi connectivity index (χ3v) is 3.87. The first-order valence-corrected chi connectivity index (χ1v) is 7.79. The Morgan fingerprint density at radius 2 is 1.95 bits per heavy atom. The van der Waals surface area contributed by atoms with E-state index in [9.17, 15) is 4.39 Å². The van der Waals surface area contributed by atoms with Gasteiger partial charge < -0.3 is 10.5 Å². The summed E-state index contributed by atoms with van der Waals surface area (Å²) in [6.45, 7) is 2.27. The molecule has 1 atom stereocenters. The van der Waals surface area contributed by atoms with Crippen LogP contribution in [0.15, 0.2) is 46.9 Å². The Hall–Kier alpha value is -1.39. The van der Waals surface area contributed by atoms with Gasteiger partial charge in [-0.1, -0.05) is 47.1 Å². The maximum Gasteiger partial charge on any atom is 0.130 e. The summed E-state index contributed by atoms with van der Waals surface area (Å²) in [4.78, 5) is 0. The van der Waals surface area contributed by atoms with E-state index in [0.29, 0.717) is 5.56 Å². The fourth-order valence-corrected chi connectivity index (χ4v) is 2.37. The topological polar surface area (TPSA) is 35.2 Å². The van der Waals surface area contributed by atoms with Crippen molar-refractivity contribution < 1.29 is 9.13 Å². The smallest absolute Gasteiger partial charge is 0.130 e. The molecule has 1 unspecified atom stereocenters. The summed E-state index contributed by atoms with van der Waals surface area (Å²) in [5.74, 6) is 0.496. The molecule has 2 nitrogen and oxygen atoms in total. The summed E-state index contributed by atoms with van der Waals surface area (Å²) in [6.07, 6.45) is 1.67. The highest BCUT2D eigenvalue weighted by Gasteiger charge is 2.09. The van der Waals surface area contributed by atoms with E-state index in [-0.39, 0.29) is 18.5 Å². The standard InChI is InChI=1S/C17H19BrFNO/c1-2-15(20)9-12-5-3-4-6-17(12)21-11-13-7-8-14(18)10-16(13)19/h3-8,10,15H,2,9,11,20H2,1H3. The van der Waals surface area contributed by atoms with Gasteiger partial charge >= 0.3 is 0 Å². The third kappa shape index (κ3) is 4.55. The van der Waals surface area contributed by atoms with Crippen LogP contribution in [0.25, 0.3) is 0 Å². The summed E-state index contributed by atoms with van der Waals surface area (Å²) < 4.78 is 20.3. The lowest BCUT2D eigenvalue weighted by Crippen LogP contribution is -2.21. The van der Waals surface area contributed by atoms with Gasteiger partial charge in [-0.3, -0.25) is 0 Å². The molecule has 2 aromatic rings. The van der Waals surface area contributed by atoms with Crippen molar-refractivity contribution in [3.63, 3.8) is 0 Å². The monoisotopic (exact) mass is 351 g/mol. The van der Waals surface area contributed by atoms with Crippen LogP contribution in [0.5, 0.6) is 5.75 Å². The van der Waals surface area contributed by atoms with Crippen LogP contribution in [0, 0.1) is 5.82 Å². The van der Waals surface area contributed by atoms with Crippen LogP contribution in [0.2, 0.25) is 0 Å². The van der Waals surface area contributed by atoms with Crippen molar-refractivity contribution in [2.75, 3.05) is 0 Å². The second-order valence-electron chi connectivity index (χ2n) is 5.00. The van der Waals surface area contributed by atoms with Gasteiger partial charge in [-0.2, -0.15) is 0 Å². The molecule has 112 valence electrons. The van der Waals surface area contributed by atoms with Crippen LogP contribution in [0.4, 0.5) is 4.39 Å². The van der Waals surface area contributed by atoms with Crippen LogP contribution in [0.1, 0.15) is 24.5 Å². The van der Waals surface area contributed by atoms with Crippen molar-refractivity contribution >= 4 is 15.9 Å². The molecular formula is C17H19BrFNO. The van der Waals surface area contributed by atoms with Gasteiger partial charge in [0.15, 0.2) is 0 Å². The van der Waals surface area contributed by atoms with E-state index in [4.69, 9.17) is 10.5 Å². The minimum atomic E-state index is -0.271. The van der Waals surface area contributed by atoms with Crippen LogP contribution in [-0.4, -0.2) is 6.04 Å². The van der Waals surface area contributed by atoms with Crippen molar-refractivity contribution in [2.24, 2.45) is 5.73 Å². The predicted molar refractivity (Wildman–Crippen MR) is 86.8 cm³/mol. The van der Waals surface area contributed by atoms with E-state index in [1.54, 1.807) is 12.1 Å². The summed E-state index contributed by atoms with van der Waals surface area (Å²) in [5, 5.41) is 0. The number of rotatable bonds is 6. The molecule has 0 fully saturated rings. The third-order valence-electron chi connectivity index (χ3n) is 3.38. The molecule has 0 aliphatic carbocycles. The molecule has 0 aliphatic rings. The number of benzene rings is 2. The molecule has 0 radical (unpaired) electrons. The Morgan fingerprint density at radius 1 is 1.19 bits per heavy atom. The molecule has 0 spiro atoms. The summed E-state index contributed by atoms with van der Waals surface area (Å²) in [5.41, 5.74) is 7.60. The number of para-hydroxylation sites is 1. The Morgan fingerprint density at radius 3 is 2.67 bits per heavy atom. The Bertz CT molecular complexity index is 603. The van der Waals surface area contributed by atoms with Gasteiger partial charge in [0.25, 0.3) is 0 Å². The first kappa shape index (κ1) is 16.0. The largest absolute Gasteiger partial charge is 0.489 e. The van der Waals surface area contributed by atoms with Gasteiger partial charge in [-0.25, -0.2) is 4.39 Å². The lowest BCUT2D eigenvalue weighted by molar-refractivity contribution is 0.296. The maximum atomic E-state index is 13.8. The molecule has 0 aromatic heterocycles. The zero-order valence-electron chi connectivity index (χ0n) is 12.0. The number of hydrogen-bond donors (Lipinski definition) is 1. The van der Waals surface area contributed by atoms with Gasteiger partial charge in [-0.05, 0) is 36.6 Å². The molecule has 2 aromatic carbocycles. The van der Waals surface area contributed by atoms with Gasteiger partial charge in [0, 0.05) is 16.1 Å². The average Bonchev–Trinajstić information content (AvgIpc) is 2.47. The van der Waals surface area contributed by atoms with E-state index in [0.717, 1.165) is 28.6 Å². The van der Waals surface area contributed by atoms with Crippen LogP contribution >= 0.6 is 15.9 Å². The molecule has 2 rings (SSSR count). The van der Waals surface area contributed by atoms with Crippen LogP contribution in [0.3, 0.4) is 0 Å². The SMILES string of the molecule is CCC(N)Cc1ccccc1OCc1ccc(Br)cc1F. The van der Waals surface area contributed by atoms with Gasteiger partial charge in [0.1, 0.15) is 18.2 Å². The Balaban J connectivity index is 2.09. The Kier molecular flexibility index (Phi) is 5.76. The first-order chi connectivity index (χ1) is 10.1. The van der Waals surface area contributed by atoms with Crippen molar-refractivity contribution in [3.8, 4) is 5.75 Å². The lowest BCUT2D eigenvalue weighted by atomic mass is 10.0. The van der Waals surface area contributed by atoms with Crippen molar-refractivity contribution in [3.05, 3.63) is 63.9 Å².